The highest BCUT2D eigenvalue weighted by Gasteiger charge is 1.99. The number of ether oxygens (including phenoxy) is 1. The van der Waals surface area contributed by atoms with Gasteiger partial charge < -0.3 is 15.0 Å². The SMILES string of the molecule is CC(N)CCc1ccc(OCCn2ccccc2=O)cc1. The molecule has 0 spiro atoms. The lowest BCUT2D eigenvalue weighted by Gasteiger charge is -2.09. The van der Waals surface area contributed by atoms with Crippen LogP contribution in [0.15, 0.2) is 53.5 Å². The minimum Gasteiger partial charge on any atom is -0.492 e. The lowest BCUT2D eigenvalue weighted by molar-refractivity contribution is 0.296. The summed E-state index contributed by atoms with van der Waals surface area (Å²) in [5, 5.41) is 0. The van der Waals surface area contributed by atoms with Gasteiger partial charge in [-0.25, -0.2) is 0 Å². The highest BCUT2D eigenvalue weighted by molar-refractivity contribution is 5.27. The number of aryl methyl sites for hydroxylation is 1. The zero-order valence-electron chi connectivity index (χ0n) is 12.4. The maximum absolute atomic E-state index is 11.5. The first-order valence-corrected chi connectivity index (χ1v) is 7.28. The van der Waals surface area contributed by atoms with E-state index in [1.54, 1.807) is 22.9 Å². The van der Waals surface area contributed by atoms with E-state index >= 15 is 0 Å². The van der Waals surface area contributed by atoms with Gasteiger partial charge in [0.15, 0.2) is 0 Å². The van der Waals surface area contributed by atoms with Crippen LogP contribution in [0.5, 0.6) is 5.75 Å². The van der Waals surface area contributed by atoms with E-state index < -0.39 is 0 Å². The van der Waals surface area contributed by atoms with Crippen LogP contribution in [0.25, 0.3) is 0 Å². The third-order valence-electron chi connectivity index (χ3n) is 3.31. The fraction of sp³-hybridized carbons (Fsp3) is 0.353. The number of nitrogens with two attached hydrogens (primary N) is 1. The zero-order chi connectivity index (χ0) is 15.1. The second kappa shape index (κ2) is 7.64. The number of rotatable bonds is 7. The van der Waals surface area contributed by atoms with Gasteiger partial charge in [0, 0.05) is 18.3 Å². The van der Waals surface area contributed by atoms with Gasteiger partial charge in [0.05, 0.1) is 6.54 Å². The number of hydrogen-bond donors (Lipinski definition) is 1. The van der Waals surface area contributed by atoms with Crippen molar-refractivity contribution >= 4 is 0 Å². The van der Waals surface area contributed by atoms with Crippen molar-refractivity contribution in [3.8, 4) is 5.75 Å². The normalized spacial score (nSPS) is 12.1. The molecule has 0 radical (unpaired) electrons. The fourth-order valence-electron chi connectivity index (χ4n) is 2.05. The summed E-state index contributed by atoms with van der Waals surface area (Å²) in [6.07, 6.45) is 3.73. The first kappa shape index (κ1) is 15.3. The number of benzene rings is 1. The Morgan fingerprint density at radius 1 is 1.19 bits per heavy atom. The van der Waals surface area contributed by atoms with Gasteiger partial charge in [0.2, 0.25) is 0 Å². The van der Waals surface area contributed by atoms with Crippen molar-refractivity contribution in [1.29, 1.82) is 0 Å². The largest absolute Gasteiger partial charge is 0.492 e. The van der Waals surface area contributed by atoms with E-state index in [0.717, 1.165) is 18.6 Å². The molecule has 0 amide bonds. The Bertz CT molecular complexity index is 603. The second-order valence-electron chi connectivity index (χ2n) is 5.24. The Hall–Kier alpha value is -2.07. The van der Waals surface area contributed by atoms with Crippen molar-refractivity contribution in [1.82, 2.24) is 4.57 Å². The van der Waals surface area contributed by atoms with Crippen LogP contribution in [0, 0.1) is 0 Å². The predicted molar refractivity (Wildman–Crippen MR) is 84.6 cm³/mol. The van der Waals surface area contributed by atoms with Gasteiger partial charge in [-0.15, -0.1) is 0 Å². The standard InChI is InChI=1S/C17H22N2O2/c1-14(18)5-6-15-7-9-16(10-8-15)21-13-12-19-11-3-2-4-17(19)20/h2-4,7-11,14H,5-6,12-13,18H2,1H3. The molecule has 0 aliphatic rings. The molecule has 1 atom stereocenters. The summed E-state index contributed by atoms with van der Waals surface area (Å²) < 4.78 is 7.30. The van der Waals surface area contributed by atoms with Gasteiger partial charge >= 0.3 is 0 Å². The number of aromatic nitrogens is 1. The quantitative estimate of drug-likeness (QED) is 0.849. The first-order chi connectivity index (χ1) is 10.1. The highest BCUT2D eigenvalue weighted by Crippen LogP contribution is 2.13. The Kier molecular flexibility index (Phi) is 5.58. The summed E-state index contributed by atoms with van der Waals surface area (Å²) in [6, 6.07) is 13.4. The van der Waals surface area contributed by atoms with Gasteiger partial charge in [-0.2, -0.15) is 0 Å². The number of hydrogen-bond acceptors (Lipinski definition) is 3. The van der Waals surface area contributed by atoms with E-state index in [-0.39, 0.29) is 11.6 Å². The minimum absolute atomic E-state index is 0.00708. The van der Waals surface area contributed by atoms with Crippen LogP contribution in [0.4, 0.5) is 0 Å². The third-order valence-corrected chi connectivity index (χ3v) is 3.31. The average Bonchev–Trinajstić information content (AvgIpc) is 2.48. The molecule has 1 heterocycles. The van der Waals surface area contributed by atoms with E-state index in [1.165, 1.54) is 5.56 Å². The summed E-state index contributed by atoms with van der Waals surface area (Å²) in [5.41, 5.74) is 7.01. The zero-order valence-corrected chi connectivity index (χ0v) is 12.4. The third kappa shape index (κ3) is 5.08. The molecule has 1 aromatic carbocycles. The Morgan fingerprint density at radius 2 is 1.95 bits per heavy atom. The summed E-state index contributed by atoms with van der Waals surface area (Å²) in [6.45, 7) is 3.04. The number of nitrogens with zero attached hydrogens (tertiary/aromatic N) is 1. The molecule has 1 aromatic heterocycles. The molecule has 2 rings (SSSR count). The summed E-state index contributed by atoms with van der Waals surface area (Å²) in [7, 11) is 0. The van der Waals surface area contributed by atoms with Crippen molar-refractivity contribution in [2.75, 3.05) is 6.61 Å². The van der Waals surface area contributed by atoms with Gasteiger partial charge in [-0.05, 0) is 43.5 Å². The van der Waals surface area contributed by atoms with Gasteiger partial charge in [0.1, 0.15) is 12.4 Å². The molecule has 0 saturated carbocycles. The average molecular weight is 286 g/mol. The second-order valence-corrected chi connectivity index (χ2v) is 5.24. The van der Waals surface area contributed by atoms with E-state index in [0.29, 0.717) is 13.2 Å². The predicted octanol–water partition coefficient (Wildman–Crippen LogP) is 2.21. The highest BCUT2D eigenvalue weighted by atomic mass is 16.5. The Labute approximate surface area is 125 Å². The van der Waals surface area contributed by atoms with Crippen molar-refractivity contribution < 1.29 is 4.74 Å². The van der Waals surface area contributed by atoms with Crippen LogP contribution in [0.1, 0.15) is 18.9 Å². The molecule has 0 aliphatic heterocycles. The van der Waals surface area contributed by atoms with Crippen molar-refractivity contribution in [3.63, 3.8) is 0 Å². The Balaban J connectivity index is 1.81. The monoisotopic (exact) mass is 286 g/mol. The summed E-state index contributed by atoms with van der Waals surface area (Å²) in [4.78, 5) is 11.5. The first-order valence-electron chi connectivity index (χ1n) is 7.28. The molecule has 0 saturated heterocycles. The van der Waals surface area contributed by atoms with Crippen LogP contribution in [-0.4, -0.2) is 17.2 Å². The molecule has 2 N–H and O–H groups in total. The molecule has 1 unspecified atom stereocenters. The van der Waals surface area contributed by atoms with Gasteiger partial charge in [-0.3, -0.25) is 4.79 Å². The lowest BCUT2D eigenvalue weighted by atomic mass is 10.1. The molecule has 4 heteroatoms. The van der Waals surface area contributed by atoms with Crippen LogP contribution >= 0.6 is 0 Å². The van der Waals surface area contributed by atoms with E-state index in [2.05, 4.69) is 12.1 Å². The molecule has 21 heavy (non-hydrogen) atoms. The summed E-state index contributed by atoms with van der Waals surface area (Å²) in [5.74, 6) is 0.823. The maximum Gasteiger partial charge on any atom is 0.250 e. The lowest BCUT2D eigenvalue weighted by Crippen LogP contribution is -2.21. The fourth-order valence-corrected chi connectivity index (χ4v) is 2.05. The Morgan fingerprint density at radius 3 is 2.62 bits per heavy atom. The van der Waals surface area contributed by atoms with E-state index in [4.69, 9.17) is 10.5 Å². The minimum atomic E-state index is -0.00708. The van der Waals surface area contributed by atoms with Crippen LogP contribution in [0.2, 0.25) is 0 Å². The topological polar surface area (TPSA) is 57.2 Å². The van der Waals surface area contributed by atoms with Gasteiger partial charge in [0.25, 0.3) is 5.56 Å². The van der Waals surface area contributed by atoms with Crippen molar-refractivity contribution in [2.24, 2.45) is 5.73 Å². The smallest absolute Gasteiger partial charge is 0.250 e. The van der Waals surface area contributed by atoms with E-state index in [9.17, 15) is 4.79 Å². The van der Waals surface area contributed by atoms with Crippen molar-refractivity contribution in [2.45, 2.75) is 32.4 Å². The molecular formula is C17H22N2O2. The molecular weight excluding hydrogens is 264 g/mol. The molecule has 112 valence electrons. The molecule has 4 nitrogen and oxygen atoms in total. The maximum atomic E-state index is 11.5. The molecule has 0 fully saturated rings. The molecule has 0 aliphatic carbocycles. The van der Waals surface area contributed by atoms with Crippen LogP contribution in [0.3, 0.4) is 0 Å². The summed E-state index contributed by atoms with van der Waals surface area (Å²) >= 11 is 0. The van der Waals surface area contributed by atoms with E-state index in [1.807, 2.05) is 25.1 Å². The van der Waals surface area contributed by atoms with Crippen LogP contribution < -0.4 is 16.0 Å². The molecule has 0 bridgehead atoms. The number of pyridine rings is 1. The van der Waals surface area contributed by atoms with Crippen molar-refractivity contribution in [3.05, 3.63) is 64.6 Å². The molecule has 2 aromatic rings. The van der Waals surface area contributed by atoms with Gasteiger partial charge in [-0.1, -0.05) is 18.2 Å². The van der Waals surface area contributed by atoms with Crippen LogP contribution in [-0.2, 0) is 13.0 Å².